The van der Waals surface area contributed by atoms with Crippen molar-refractivity contribution in [3.63, 3.8) is 0 Å². The lowest BCUT2D eigenvalue weighted by Gasteiger charge is -2.44. The molecule has 3 saturated heterocycles. The molecule has 0 spiro atoms. The number of rotatable bonds is 6. The Bertz CT molecular complexity index is 989. The van der Waals surface area contributed by atoms with E-state index in [1.54, 1.807) is 0 Å². The van der Waals surface area contributed by atoms with Crippen LogP contribution in [0, 0.1) is 11.8 Å². The molecule has 33 heavy (non-hydrogen) atoms. The summed E-state index contributed by atoms with van der Waals surface area (Å²) in [5.41, 5.74) is 1.03. The number of amides is 1. The van der Waals surface area contributed by atoms with Crippen molar-refractivity contribution in [3.8, 4) is 10.4 Å². The van der Waals surface area contributed by atoms with Gasteiger partial charge < -0.3 is 19.8 Å². The summed E-state index contributed by atoms with van der Waals surface area (Å²) in [6.45, 7) is 3.93. The van der Waals surface area contributed by atoms with Gasteiger partial charge in [-0.3, -0.25) is 5.32 Å². The summed E-state index contributed by atoms with van der Waals surface area (Å²) in [6.07, 6.45) is 3.15. The second-order valence-electron chi connectivity index (χ2n) is 7.64. The topological polar surface area (TPSA) is 129 Å². The third kappa shape index (κ3) is 7.65. The van der Waals surface area contributed by atoms with E-state index in [2.05, 4.69) is 31.1 Å². The predicted octanol–water partition coefficient (Wildman–Crippen LogP) is 4.17. The lowest BCUT2D eigenvalue weighted by molar-refractivity contribution is -0.134. The fraction of sp³-hybridized carbons (Fsp3) is 0.364. The van der Waals surface area contributed by atoms with E-state index in [4.69, 9.17) is 14.9 Å². The molecule has 0 radical (unpaired) electrons. The Labute approximate surface area is 203 Å². The summed E-state index contributed by atoms with van der Waals surface area (Å²) in [4.78, 5) is 39.1. The van der Waals surface area contributed by atoms with Crippen molar-refractivity contribution in [2.24, 2.45) is 11.8 Å². The van der Waals surface area contributed by atoms with Crippen LogP contribution in [0.5, 0.6) is 0 Å². The lowest BCUT2D eigenvalue weighted by atomic mass is 9.79. The first-order valence-corrected chi connectivity index (χ1v) is 11.9. The van der Waals surface area contributed by atoms with Gasteiger partial charge in [-0.2, -0.15) is 0 Å². The number of anilines is 1. The number of aromatic nitrogens is 1. The number of piperidine rings is 3. The molecule has 9 nitrogen and oxygen atoms in total. The van der Waals surface area contributed by atoms with Gasteiger partial charge in [-0.1, -0.05) is 30.3 Å². The Hall–Kier alpha value is -2.76. The number of hydrogen-bond acceptors (Lipinski definition) is 7. The van der Waals surface area contributed by atoms with Crippen LogP contribution in [0.1, 0.15) is 12.8 Å². The van der Waals surface area contributed by atoms with Gasteiger partial charge in [0.2, 0.25) is 0 Å². The first kappa shape index (κ1) is 24.9. The summed E-state index contributed by atoms with van der Waals surface area (Å²) in [5, 5.41) is 18.4. The van der Waals surface area contributed by atoms with Crippen LogP contribution in [0.2, 0.25) is 0 Å². The highest BCUT2D eigenvalue weighted by Crippen LogP contribution is 2.36. The average Bonchev–Trinajstić information content (AvgIpc) is 3.18. The van der Waals surface area contributed by atoms with Crippen LogP contribution >= 0.6 is 27.3 Å². The first-order chi connectivity index (χ1) is 15.8. The van der Waals surface area contributed by atoms with Gasteiger partial charge in [0, 0.05) is 24.6 Å². The maximum Gasteiger partial charge on any atom is 0.412 e. The molecule has 2 bridgehead atoms. The number of hydrogen-bond donors (Lipinski definition) is 3. The molecule has 2 aromatic rings. The molecule has 3 aliphatic rings. The molecule has 4 heterocycles. The number of carbonyl (C=O) groups excluding carboxylic acids is 1. The highest BCUT2D eigenvalue weighted by Gasteiger charge is 2.34. The molecule has 1 unspecified atom stereocenters. The van der Waals surface area contributed by atoms with Crippen molar-refractivity contribution < 1.29 is 29.3 Å². The van der Waals surface area contributed by atoms with Crippen LogP contribution in [-0.2, 0) is 14.3 Å². The Morgan fingerprint density at radius 3 is 2.33 bits per heavy atom. The highest BCUT2D eigenvalue weighted by molar-refractivity contribution is 9.11. The third-order valence-electron chi connectivity index (χ3n) is 5.45. The van der Waals surface area contributed by atoms with Gasteiger partial charge in [0.1, 0.15) is 0 Å². The number of aliphatic carboxylic acids is 2. The Morgan fingerprint density at radius 2 is 1.79 bits per heavy atom. The zero-order valence-electron chi connectivity index (χ0n) is 17.6. The minimum Gasteiger partial charge on any atom is -0.478 e. The predicted molar refractivity (Wildman–Crippen MR) is 127 cm³/mol. The molecule has 1 atom stereocenters. The second-order valence-corrected chi connectivity index (χ2v) is 9.92. The van der Waals surface area contributed by atoms with Crippen LogP contribution in [0.4, 0.5) is 10.6 Å². The van der Waals surface area contributed by atoms with Crippen LogP contribution in [0.3, 0.4) is 0 Å². The van der Waals surface area contributed by atoms with E-state index >= 15 is 0 Å². The largest absolute Gasteiger partial charge is 0.478 e. The summed E-state index contributed by atoms with van der Waals surface area (Å²) in [6, 6.07) is 9.92. The average molecular weight is 538 g/mol. The van der Waals surface area contributed by atoms with Gasteiger partial charge in [0.15, 0.2) is 9.73 Å². The monoisotopic (exact) mass is 537 g/mol. The Kier molecular flexibility index (Phi) is 8.98. The third-order valence-corrected chi connectivity index (χ3v) is 7.00. The minimum absolute atomic E-state index is 0.425. The van der Waals surface area contributed by atoms with E-state index in [9.17, 15) is 14.4 Å². The van der Waals surface area contributed by atoms with E-state index in [0.717, 1.165) is 20.9 Å². The van der Waals surface area contributed by atoms with Crippen molar-refractivity contribution in [3.05, 3.63) is 46.4 Å². The molecule has 11 heteroatoms. The molecule has 1 aromatic heterocycles. The highest BCUT2D eigenvalue weighted by atomic mass is 79.9. The number of thiazole rings is 1. The lowest BCUT2D eigenvalue weighted by Crippen LogP contribution is -2.49. The fourth-order valence-electron chi connectivity index (χ4n) is 3.90. The Balaban J connectivity index is 0.000000331. The number of fused-ring (bicyclic) bond motifs is 3. The van der Waals surface area contributed by atoms with Crippen LogP contribution in [0.25, 0.3) is 10.4 Å². The Morgan fingerprint density at radius 1 is 1.15 bits per heavy atom. The molecule has 3 aliphatic heterocycles. The number of nitrogens with zero attached hydrogens (tertiary/aromatic N) is 2. The zero-order chi connectivity index (χ0) is 23.8. The van der Waals surface area contributed by atoms with Crippen molar-refractivity contribution in [2.75, 3.05) is 31.6 Å². The summed E-state index contributed by atoms with van der Waals surface area (Å²) >= 11 is 4.90. The number of ether oxygens (including phenoxy) is 1. The van der Waals surface area contributed by atoms with Crippen LogP contribution in [0.15, 0.2) is 46.4 Å². The van der Waals surface area contributed by atoms with E-state index < -0.39 is 18.0 Å². The zero-order valence-corrected chi connectivity index (χ0v) is 20.0. The van der Waals surface area contributed by atoms with Crippen molar-refractivity contribution >= 4 is 51.1 Å². The molecule has 3 fully saturated rings. The first-order valence-electron chi connectivity index (χ1n) is 10.3. The van der Waals surface area contributed by atoms with Crippen molar-refractivity contribution in [2.45, 2.75) is 12.8 Å². The van der Waals surface area contributed by atoms with E-state index in [1.165, 1.54) is 37.3 Å². The number of benzene rings is 1. The quantitative estimate of drug-likeness (QED) is 0.468. The number of halogens is 1. The molecule has 3 N–H and O–H groups in total. The molecule has 0 aliphatic carbocycles. The summed E-state index contributed by atoms with van der Waals surface area (Å²) in [5.74, 6) is -0.808. The van der Waals surface area contributed by atoms with Crippen molar-refractivity contribution in [1.29, 1.82) is 0 Å². The maximum absolute atomic E-state index is 12.3. The van der Waals surface area contributed by atoms with E-state index in [1.807, 2.05) is 30.3 Å². The van der Waals surface area contributed by atoms with E-state index in [0.29, 0.717) is 36.4 Å². The molecular weight excluding hydrogens is 514 g/mol. The van der Waals surface area contributed by atoms with Gasteiger partial charge in [-0.15, -0.1) is 11.3 Å². The molecule has 0 saturated carbocycles. The van der Waals surface area contributed by atoms with Gasteiger partial charge in [0.25, 0.3) is 0 Å². The van der Waals surface area contributed by atoms with Crippen LogP contribution in [-0.4, -0.2) is 64.4 Å². The normalized spacial score (nSPS) is 21.2. The molecule has 1 aromatic carbocycles. The molecule has 176 valence electrons. The molecule has 5 rings (SSSR count). The van der Waals surface area contributed by atoms with Gasteiger partial charge in [-0.05, 0) is 53.3 Å². The minimum atomic E-state index is -1.26. The van der Waals surface area contributed by atoms with E-state index in [-0.39, 0.29) is 0 Å². The molecular formula is C22H24BrN3O6S. The second kappa shape index (κ2) is 11.9. The fourth-order valence-corrected chi connectivity index (χ4v) is 5.31. The van der Waals surface area contributed by atoms with Gasteiger partial charge in [0.05, 0.1) is 11.5 Å². The smallest absolute Gasteiger partial charge is 0.412 e. The van der Waals surface area contributed by atoms with Gasteiger partial charge >= 0.3 is 18.0 Å². The van der Waals surface area contributed by atoms with Crippen molar-refractivity contribution in [1.82, 2.24) is 9.88 Å². The van der Waals surface area contributed by atoms with Gasteiger partial charge in [-0.25, -0.2) is 19.4 Å². The number of carbonyl (C=O) groups is 3. The number of nitrogens with one attached hydrogen (secondary N) is 1. The SMILES string of the molecule is O=C(Nc1nc(Br)sc1-c1ccccc1)OCC1CN2CCC1CC2.O=C(O)/C=C/C(=O)O. The number of carboxylic acid groups (broad SMARTS) is 2. The summed E-state index contributed by atoms with van der Waals surface area (Å²) in [7, 11) is 0. The standard InChI is InChI=1S/C18H20BrN3O2S.C4H4O4/c19-17-20-16(15(25-17)13-4-2-1-3-5-13)21-18(23)24-11-14-10-22-8-6-12(14)7-9-22;5-3(6)1-2-4(7)8/h1-5,12,14H,6-11H2,(H,21,23);1-2H,(H,5,6)(H,7,8)/b;2-1+. The summed E-state index contributed by atoms with van der Waals surface area (Å²) < 4.78 is 6.25. The van der Waals surface area contributed by atoms with Crippen LogP contribution < -0.4 is 5.32 Å². The molecule has 1 amide bonds. The number of carboxylic acids is 2. The maximum atomic E-state index is 12.3.